The first-order chi connectivity index (χ1) is 10.6. The van der Waals surface area contributed by atoms with Gasteiger partial charge in [0, 0.05) is 17.8 Å². The molecule has 0 spiro atoms. The van der Waals surface area contributed by atoms with E-state index in [0.717, 1.165) is 16.6 Å². The number of hydrogen-bond donors (Lipinski definition) is 1. The predicted octanol–water partition coefficient (Wildman–Crippen LogP) is 1.26. The number of nitrogens with zero attached hydrogens (tertiary/aromatic N) is 2. The molecular weight excluding hydrogens is 284 g/mol. The summed E-state index contributed by atoms with van der Waals surface area (Å²) in [5.41, 5.74) is 2.02. The van der Waals surface area contributed by atoms with Gasteiger partial charge in [-0.3, -0.25) is 4.79 Å². The van der Waals surface area contributed by atoms with E-state index in [-0.39, 0.29) is 25.6 Å². The monoisotopic (exact) mass is 302 g/mol. The van der Waals surface area contributed by atoms with E-state index in [1.807, 2.05) is 41.8 Å². The van der Waals surface area contributed by atoms with Gasteiger partial charge in [-0.25, -0.2) is 4.79 Å². The van der Waals surface area contributed by atoms with Crippen LogP contribution in [-0.2, 0) is 20.9 Å². The average Bonchev–Trinajstić information content (AvgIpc) is 2.83. The van der Waals surface area contributed by atoms with E-state index in [0.29, 0.717) is 6.54 Å². The van der Waals surface area contributed by atoms with Gasteiger partial charge < -0.3 is 19.3 Å². The summed E-state index contributed by atoms with van der Waals surface area (Å²) in [6, 6.07) is 9.95. The number of carboxylic acid groups (broad SMARTS) is 1. The van der Waals surface area contributed by atoms with Crippen LogP contribution >= 0.6 is 0 Å². The fourth-order valence-corrected chi connectivity index (χ4v) is 2.82. The Morgan fingerprint density at radius 2 is 2.14 bits per heavy atom. The smallest absolute Gasteiger partial charge is 0.334 e. The Morgan fingerprint density at radius 1 is 1.36 bits per heavy atom. The second kappa shape index (κ2) is 5.81. The van der Waals surface area contributed by atoms with Gasteiger partial charge in [0.25, 0.3) is 0 Å². The van der Waals surface area contributed by atoms with Crippen LogP contribution in [0.4, 0.5) is 0 Å². The second-order valence-electron chi connectivity index (χ2n) is 5.47. The van der Waals surface area contributed by atoms with E-state index in [9.17, 15) is 9.59 Å². The van der Waals surface area contributed by atoms with E-state index in [1.165, 1.54) is 0 Å². The Morgan fingerprint density at radius 3 is 2.91 bits per heavy atom. The number of morpholine rings is 1. The van der Waals surface area contributed by atoms with E-state index in [1.54, 1.807) is 4.90 Å². The zero-order valence-electron chi connectivity index (χ0n) is 12.4. The normalized spacial score (nSPS) is 18.6. The molecule has 1 N–H and O–H groups in total. The highest BCUT2D eigenvalue weighted by Gasteiger charge is 2.29. The van der Waals surface area contributed by atoms with Gasteiger partial charge in [-0.1, -0.05) is 18.2 Å². The Balaban J connectivity index is 1.78. The predicted molar refractivity (Wildman–Crippen MR) is 80.6 cm³/mol. The van der Waals surface area contributed by atoms with Crippen molar-refractivity contribution >= 4 is 22.8 Å². The lowest BCUT2D eigenvalue weighted by Crippen LogP contribution is -2.49. The molecule has 6 nitrogen and oxygen atoms in total. The highest BCUT2D eigenvalue weighted by atomic mass is 16.5. The Bertz CT molecular complexity index is 722. The summed E-state index contributed by atoms with van der Waals surface area (Å²) in [6.07, 6.45) is -0.930. The SMILES string of the molecule is Cc1cc2ccccc2n1CC(=O)N1CCOC(C(=O)O)C1. The molecule has 0 radical (unpaired) electrons. The number of carbonyl (C=O) groups is 2. The third kappa shape index (κ3) is 2.69. The molecule has 1 aliphatic rings. The molecule has 2 heterocycles. The lowest BCUT2D eigenvalue weighted by atomic mass is 10.2. The van der Waals surface area contributed by atoms with Crippen LogP contribution in [0.2, 0.25) is 0 Å². The van der Waals surface area contributed by atoms with Crippen LogP contribution in [-0.4, -0.2) is 52.3 Å². The number of rotatable bonds is 3. The molecule has 0 bridgehead atoms. The average molecular weight is 302 g/mol. The molecule has 1 amide bonds. The fraction of sp³-hybridized carbons (Fsp3) is 0.375. The zero-order valence-corrected chi connectivity index (χ0v) is 12.4. The number of hydrogen-bond acceptors (Lipinski definition) is 3. The number of aryl methyl sites for hydroxylation is 1. The maximum atomic E-state index is 12.5. The Labute approximate surface area is 127 Å². The molecule has 0 aliphatic carbocycles. The van der Waals surface area contributed by atoms with Crippen molar-refractivity contribution < 1.29 is 19.4 Å². The van der Waals surface area contributed by atoms with Gasteiger partial charge in [-0.15, -0.1) is 0 Å². The van der Waals surface area contributed by atoms with Gasteiger partial charge in [0.2, 0.25) is 5.91 Å². The van der Waals surface area contributed by atoms with Crippen LogP contribution in [0.15, 0.2) is 30.3 Å². The zero-order chi connectivity index (χ0) is 15.7. The maximum absolute atomic E-state index is 12.5. The Kier molecular flexibility index (Phi) is 3.85. The summed E-state index contributed by atoms with van der Waals surface area (Å²) in [7, 11) is 0. The highest BCUT2D eigenvalue weighted by molar-refractivity contribution is 5.84. The van der Waals surface area contributed by atoms with Crippen LogP contribution in [0.3, 0.4) is 0 Å². The molecule has 1 aliphatic heterocycles. The highest BCUT2D eigenvalue weighted by Crippen LogP contribution is 2.19. The largest absolute Gasteiger partial charge is 0.479 e. The topological polar surface area (TPSA) is 71.8 Å². The molecule has 1 aromatic heterocycles. The third-order valence-electron chi connectivity index (χ3n) is 4.01. The summed E-state index contributed by atoms with van der Waals surface area (Å²) >= 11 is 0. The van der Waals surface area contributed by atoms with Crippen LogP contribution in [0.1, 0.15) is 5.69 Å². The molecule has 1 saturated heterocycles. The number of aliphatic carboxylic acids is 1. The summed E-state index contributed by atoms with van der Waals surface area (Å²) < 4.78 is 7.11. The van der Waals surface area contributed by atoms with Crippen molar-refractivity contribution in [1.29, 1.82) is 0 Å². The number of carboxylic acids is 1. The molecule has 116 valence electrons. The summed E-state index contributed by atoms with van der Waals surface area (Å²) in [4.78, 5) is 25.1. The molecule has 2 aromatic rings. The minimum atomic E-state index is -1.03. The summed E-state index contributed by atoms with van der Waals surface area (Å²) in [5.74, 6) is -1.11. The van der Waals surface area contributed by atoms with Crippen molar-refractivity contribution in [3.05, 3.63) is 36.0 Å². The third-order valence-corrected chi connectivity index (χ3v) is 4.01. The molecule has 22 heavy (non-hydrogen) atoms. The molecule has 1 unspecified atom stereocenters. The van der Waals surface area contributed by atoms with Crippen LogP contribution in [0, 0.1) is 6.92 Å². The van der Waals surface area contributed by atoms with Crippen molar-refractivity contribution in [2.24, 2.45) is 0 Å². The number of carbonyl (C=O) groups excluding carboxylic acids is 1. The van der Waals surface area contributed by atoms with Crippen molar-refractivity contribution in [2.45, 2.75) is 19.6 Å². The second-order valence-corrected chi connectivity index (χ2v) is 5.47. The number of fused-ring (bicyclic) bond motifs is 1. The molecule has 1 aromatic carbocycles. The van der Waals surface area contributed by atoms with E-state index in [4.69, 9.17) is 9.84 Å². The molecular formula is C16H18N2O4. The molecule has 6 heteroatoms. The van der Waals surface area contributed by atoms with Crippen molar-refractivity contribution in [1.82, 2.24) is 9.47 Å². The van der Waals surface area contributed by atoms with Gasteiger partial charge in [0.1, 0.15) is 6.54 Å². The van der Waals surface area contributed by atoms with Gasteiger partial charge in [-0.2, -0.15) is 0 Å². The lowest BCUT2D eigenvalue weighted by molar-refractivity contribution is -0.159. The quantitative estimate of drug-likeness (QED) is 0.926. The molecule has 0 saturated carbocycles. The van der Waals surface area contributed by atoms with Gasteiger partial charge in [-0.05, 0) is 24.4 Å². The van der Waals surface area contributed by atoms with Crippen LogP contribution in [0.5, 0.6) is 0 Å². The number of benzene rings is 1. The van der Waals surface area contributed by atoms with Crippen molar-refractivity contribution in [3.63, 3.8) is 0 Å². The maximum Gasteiger partial charge on any atom is 0.334 e. The summed E-state index contributed by atoms with van der Waals surface area (Å²) in [6.45, 7) is 2.97. The fourth-order valence-electron chi connectivity index (χ4n) is 2.82. The van der Waals surface area contributed by atoms with Crippen molar-refractivity contribution in [2.75, 3.05) is 19.7 Å². The van der Waals surface area contributed by atoms with Gasteiger partial charge in [0.15, 0.2) is 6.10 Å². The van der Waals surface area contributed by atoms with Gasteiger partial charge >= 0.3 is 5.97 Å². The number of amides is 1. The first-order valence-electron chi connectivity index (χ1n) is 7.23. The van der Waals surface area contributed by atoms with Crippen LogP contribution < -0.4 is 0 Å². The lowest BCUT2D eigenvalue weighted by Gasteiger charge is -2.31. The van der Waals surface area contributed by atoms with Gasteiger partial charge in [0.05, 0.1) is 13.2 Å². The van der Waals surface area contributed by atoms with E-state index >= 15 is 0 Å². The van der Waals surface area contributed by atoms with E-state index < -0.39 is 12.1 Å². The molecule has 1 fully saturated rings. The minimum absolute atomic E-state index is 0.0843. The number of aromatic nitrogens is 1. The number of ether oxygens (including phenoxy) is 1. The molecule has 3 rings (SSSR count). The van der Waals surface area contributed by atoms with Crippen molar-refractivity contribution in [3.8, 4) is 0 Å². The first-order valence-corrected chi connectivity index (χ1v) is 7.23. The first kappa shape index (κ1) is 14.6. The molecule has 1 atom stereocenters. The number of para-hydroxylation sites is 1. The minimum Gasteiger partial charge on any atom is -0.479 e. The summed E-state index contributed by atoms with van der Waals surface area (Å²) in [5, 5.41) is 10.1. The Hall–Kier alpha value is -2.34. The van der Waals surface area contributed by atoms with E-state index in [2.05, 4.69) is 0 Å². The van der Waals surface area contributed by atoms with Crippen LogP contribution in [0.25, 0.3) is 10.9 Å². The standard InChI is InChI=1S/C16H18N2O4/c1-11-8-12-4-2-3-5-13(12)18(11)10-15(19)17-6-7-22-14(9-17)16(20)21/h2-5,8,14H,6-7,9-10H2,1H3,(H,20,21).